The minimum absolute atomic E-state index is 0.0266. The minimum atomic E-state index is -0.246. The molecule has 1 saturated heterocycles. The Bertz CT molecular complexity index is 1140. The molecule has 0 aromatic heterocycles. The second kappa shape index (κ2) is 10.6. The summed E-state index contributed by atoms with van der Waals surface area (Å²) in [5.41, 5.74) is 5.79. The van der Waals surface area contributed by atoms with Crippen molar-refractivity contribution in [3.05, 3.63) is 95.1 Å². The summed E-state index contributed by atoms with van der Waals surface area (Å²) in [5.74, 6) is -0.300. The van der Waals surface area contributed by atoms with Gasteiger partial charge in [0, 0.05) is 19.6 Å². The van der Waals surface area contributed by atoms with Gasteiger partial charge in [-0.3, -0.25) is 9.69 Å². The monoisotopic (exact) mass is 455 g/mol. The van der Waals surface area contributed by atoms with Crippen LogP contribution in [0.1, 0.15) is 47.9 Å². The van der Waals surface area contributed by atoms with Crippen molar-refractivity contribution in [1.82, 2.24) is 4.90 Å². The SMILES string of the molecule is CC[C@@H](C(=O)Nc1cc(C)ccc1N1CCCN(Cc2ccc(C)cc2)C1=O)c1ccccc1. The Labute approximate surface area is 202 Å². The van der Waals surface area contributed by atoms with Crippen molar-refractivity contribution in [2.24, 2.45) is 0 Å². The van der Waals surface area contributed by atoms with Gasteiger partial charge in [-0.15, -0.1) is 0 Å². The Morgan fingerprint density at radius 2 is 1.65 bits per heavy atom. The third kappa shape index (κ3) is 5.30. The standard InChI is InChI=1S/C29H33N3O2/c1-4-25(24-9-6-5-7-10-24)28(33)30-26-19-22(3)13-16-27(26)32-18-8-17-31(29(32)34)20-23-14-11-21(2)12-15-23/h5-7,9-16,19,25H,4,8,17-18,20H2,1-3H3,(H,30,33)/t25-/m1/s1. The van der Waals surface area contributed by atoms with Gasteiger partial charge in [0.25, 0.3) is 0 Å². The zero-order valence-corrected chi connectivity index (χ0v) is 20.3. The molecule has 0 bridgehead atoms. The number of nitrogens with zero attached hydrogens (tertiary/aromatic N) is 2. The summed E-state index contributed by atoms with van der Waals surface area (Å²) in [5, 5.41) is 3.14. The van der Waals surface area contributed by atoms with E-state index >= 15 is 0 Å². The first kappa shape index (κ1) is 23.6. The summed E-state index contributed by atoms with van der Waals surface area (Å²) in [6.07, 6.45) is 1.57. The van der Waals surface area contributed by atoms with E-state index in [1.54, 1.807) is 4.90 Å². The molecule has 0 spiro atoms. The Kier molecular flexibility index (Phi) is 7.31. The number of urea groups is 1. The number of hydrogen-bond donors (Lipinski definition) is 1. The van der Waals surface area contributed by atoms with Gasteiger partial charge in [0.1, 0.15) is 0 Å². The Hall–Kier alpha value is -3.60. The second-order valence-electron chi connectivity index (χ2n) is 9.08. The van der Waals surface area contributed by atoms with Crippen molar-refractivity contribution in [1.29, 1.82) is 0 Å². The molecule has 3 aromatic rings. The van der Waals surface area contributed by atoms with E-state index in [-0.39, 0.29) is 17.9 Å². The lowest BCUT2D eigenvalue weighted by Crippen LogP contribution is -2.49. The number of amides is 3. The van der Waals surface area contributed by atoms with Crippen LogP contribution >= 0.6 is 0 Å². The van der Waals surface area contributed by atoms with Crippen LogP contribution in [0.15, 0.2) is 72.8 Å². The van der Waals surface area contributed by atoms with Crippen LogP contribution in [0.3, 0.4) is 0 Å². The van der Waals surface area contributed by atoms with Gasteiger partial charge in [-0.2, -0.15) is 0 Å². The molecule has 0 radical (unpaired) electrons. The molecule has 1 N–H and O–H groups in total. The number of carbonyl (C=O) groups is 2. The highest BCUT2D eigenvalue weighted by molar-refractivity contribution is 6.02. The lowest BCUT2D eigenvalue weighted by Gasteiger charge is -2.36. The van der Waals surface area contributed by atoms with Crippen LogP contribution in [0.4, 0.5) is 16.2 Å². The second-order valence-corrected chi connectivity index (χ2v) is 9.08. The molecule has 0 saturated carbocycles. The van der Waals surface area contributed by atoms with Crippen molar-refractivity contribution in [2.75, 3.05) is 23.3 Å². The van der Waals surface area contributed by atoms with Gasteiger partial charge in [-0.25, -0.2) is 4.79 Å². The molecule has 1 heterocycles. The van der Waals surface area contributed by atoms with E-state index in [1.165, 1.54) is 5.56 Å². The Balaban J connectivity index is 1.56. The highest BCUT2D eigenvalue weighted by atomic mass is 16.2. The van der Waals surface area contributed by atoms with E-state index in [9.17, 15) is 9.59 Å². The van der Waals surface area contributed by atoms with Crippen LogP contribution in [0.2, 0.25) is 0 Å². The first-order chi connectivity index (χ1) is 16.5. The number of rotatable bonds is 7. The van der Waals surface area contributed by atoms with Crippen LogP contribution < -0.4 is 10.2 Å². The van der Waals surface area contributed by atoms with Crippen LogP contribution in [0, 0.1) is 13.8 Å². The van der Waals surface area contributed by atoms with Gasteiger partial charge >= 0.3 is 6.03 Å². The fraction of sp³-hybridized carbons (Fsp3) is 0.310. The first-order valence-electron chi connectivity index (χ1n) is 12.0. The number of nitrogens with one attached hydrogen (secondary N) is 1. The summed E-state index contributed by atoms with van der Waals surface area (Å²) < 4.78 is 0. The molecule has 3 aromatic carbocycles. The molecular weight excluding hydrogens is 422 g/mol. The molecule has 1 fully saturated rings. The topological polar surface area (TPSA) is 52.7 Å². The summed E-state index contributed by atoms with van der Waals surface area (Å²) >= 11 is 0. The van der Waals surface area contributed by atoms with E-state index < -0.39 is 0 Å². The minimum Gasteiger partial charge on any atom is -0.324 e. The van der Waals surface area contributed by atoms with Crippen LogP contribution in [0.5, 0.6) is 0 Å². The zero-order chi connectivity index (χ0) is 24.1. The van der Waals surface area contributed by atoms with Crippen molar-refractivity contribution >= 4 is 23.3 Å². The normalized spacial score (nSPS) is 14.7. The highest BCUT2D eigenvalue weighted by Crippen LogP contribution is 2.32. The number of hydrogen-bond acceptors (Lipinski definition) is 2. The van der Waals surface area contributed by atoms with Crippen molar-refractivity contribution < 1.29 is 9.59 Å². The van der Waals surface area contributed by atoms with Crippen LogP contribution in [-0.4, -0.2) is 29.9 Å². The summed E-state index contributed by atoms with van der Waals surface area (Å²) in [6, 6.07) is 24.0. The van der Waals surface area contributed by atoms with Gasteiger partial charge in [0.05, 0.1) is 17.3 Å². The maximum Gasteiger partial charge on any atom is 0.324 e. The molecule has 1 atom stereocenters. The van der Waals surface area contributed by atoms with Gasteiger partial charge in [-0.05, 0) is 55.5 Å². The molecule has 0 aliphatic carbocycles. The van der Waals surface area contributed by atoms with E-state index in [2.05, 4.69) is 36.5 Å². The van der Waals surface area contributed by atoms with Gasteiger partial charge in [-0.1, -0.05) is 73.2 Å². The summed E-state index contributed by atoms with van der Waals surface area (Å²) in [4.78, 5) is 30.4. The van der Waals surface area contributed by atoms with Crippen LogP contribution in [-0.2, 0) is 11.3 Å². The Morgan fingerprint density at radius 3 is 2.35 bits per heavy atom. The fourth-order valence-electron chi connectivity index (χ4n) is 4.53. The van der Waals surface area contributed by atoms with E-state index in [0.29, 0.717) is 25.2 Å². The largest absolute Gasteiger partial charge is 0.324 e. The lowest BCUT2D eigenvalue weighted by molar-refractivity contribution is -0.117. The molecule has 5 heteroatoms. The van der Waals surface area contributed by atoms with Gasteiger partial charge < -0.3 is 10.2 Å². The molecule has 1 aliphatic rings. The van der Waals surface area contributed by atoms with Gasteiger partial charge in [0.15, 0.2) is 0 Å². The van der Waals surface area contributed by atoms with E-state index in [4.69, 9.17) is 0 Å². The zero-order valence-electron chi connectivity index (χ0n) is 20.3. The molecule has 1 aliphatic heterocycles. The van der Waals surface area contributed by atoms with Crippen molar-refractivity contribution in [2.45, 2.75) is 46.1 Å². The number of anilines is 2. The van der Waals surface area contributed by atoms with E-state index in [1.807, 2.05) is 67.3 Å². The maximum atomic E-state index is 13.5. The predicted octanol–water partition coefficient (Wildman–Crippen LogP) is 6.27. The molecule has 5 nitrogen and oxygen atoms in total. The average Bonchev–Trinajstić information content (AvgIpc) is 2.83. The quantitative estimate of drug-likeness (QED) is 0.457. The van der Waals surface area contributed by atoms with Crippen molar-refractivity contribution in [3.63, 3.8) is 0 Å². The molecular formula is C29H33N3O2. The smallest absolute Gasteiger partial charge is 0.324 e. The number of benzene rings is 3. The lowest BCUT2D eigenvalue weighted by atomic mass is 9.95. The third-order valence-corrected chi connectivity index (χ3v) is 6.43. The van der Waals surface area contributed by atoms with Crippen molar-refractivity contribution in [3.8, 4) is 0 Å². The number of carbonyl (C=O) groups excluding carboxylic acids is 2. The summed E-state index contributed by atoms with van der Waals surface area (Å²) in [7, 11) is 0. The number of aryl methyl sites for hydroxylation is 2. The fourth-order valence-corrected chi connectivity index (χ4v) is 4.53. The molecule has 3 amide bonds. The molecule has 34 heavy (non-hydrogen) atoms. The predicted molar refractivity (Wildman–Crippen MR) is 138 cm³/mol. The molecule has 4 rings (SSSR count). The molecule has 176 valence electrons. The third-order valence-electron chi connectivity index (χ3n) is 6.43. The first-order valence-corrected chi connectivity index (χ1v) is 12.0. The maximum absolute atomic E-state index is 13.5. The highest BCUT2D eigenvalue weighted by Gasteiger charge is 2.29. The Morgan fingerprint density at radius 1 is 0.941 bits per heavy atom. The van der Waals surface area contributed by atoms with Gasteiger partial charge in [0.2, 0.25) is 5.91 Å². The van der Waals surface area contributed by atoms with E-state index in [0.717, 1.165) is 35.3 Å². The van der Waals surface area contributed by atoms with Crippen LogP contribution in [0.25, 0.3) is 0 Å². The molecule has 0 unspecified atom stereocenters. The average molecular weight is 456 g/mol. The summed E-state index contributed by atoms with van der Waals surface area (Å²) in [6.45, 7) is 8.01.